The summed E-state index contributed by atoms with van der Waals surface area (Å²) in [6, 6.07) is 9.38. The Bertz CT molecular complexity index is 730. The number of non-ortho nitro benzene ring substituents is 2. The second kappa shape index (κ2) is 5.30. The third-order valence-corrected chi connectivity index (χ3v) is 4.52. The van der Waals surface area contributed by atoms with Crippen LogP contribution in [-0.2, 0) is 0 Å². The van der Waals surface area contributed by atoms with Gasteiger partial charge in [0.1, 0.15) is 0 Å². The fourth-order valence-electron chi connectivity index (χ4n) is 2.43. The molecule has 2 aromatic rings. The number of benzene rings is 2. The number of hydrogen-bond acceptors (Lipinski definition) is 6. The lowest BCUT2D eigenvalue weighted by Crippen LogP contribution is -2.20. The molecule has 0 N–H and O–H groups in total. The highest BCUT2D eigenvalue weighted by atomic mass is 32.2. The molecular formula is C14H11N3O4S. The molecule has 2 aromatic carbocycles. The number of rotatable bonds is 3. The second-order valence-electron chi connectivity index (χ2n) is 4.66. The quantitative estimate of drug-likeness (QED) is 0.624. The van der Waals surface area contributed by atoms with Gasteiger partial charge in [0.25, 0.3) is 11.4 Å². The van der Waals surface area contributed by atoms with Gasteiger partial charge in [-0.25, -0.2) is 0 Å². The minimum Gasteiger partial charge on any atom is -0.340 e. The highest BCUT2D eigenvalue weighted by molar-refractivity contribution is 7.99. The zero-order chi connectivity index (χ0) is 15.9. The molecule has 0 amide bonds. The third-order valence-electron chi connectivity index (χ3n) is 3.43. The van der Waals surface area contributed by atoms with Crippen molar-refractivity contribution >= 4 is 34.5 Å². The number of nitro benzene ring substituents is 2. The Morgan fingerprint density at radius 3 is 1.77 bits per heavy atom. The van der Waals surface area contributed by atoms with Gasteiger partial charge in [-0.1, -0.05) is 11.8 Å². The molecule has 0 saturated carbocycles. The Morgan fingerprint density at radius 1 is 0.955 bits per heavy atom. The van der Waals surface area contributed by atoms with Gasteiger partial charge in [-0.2, -0.15) is 0 Å². The number of hydrogen-bond donors (Lipinski definition) is 0. The van der Waals surface area contributed by atoms with Crippen LogP contribution >= 0.6 is 11.8 Å². The topological polar surface area (TPSA) is 89.5 Å². The van der Waals surface area contributed by atoms with Gasteiger partial charge < -0.3 is 4.90 Å². The van der Waals surface area contributed by atoms with Crippen LogP contribution in [0.2, 0.25) is 0 Å². The molecule has 8 heteroatoms. The Kier molecular flexibility index (Phi) is 3.45. The average molecular weight is 317 g/mol. The average Bonchev–Trinajstić information content (AvgIpc) is 2.51. The fourth-order valence-corrected chi connectivity index (χ4v) is 3.59. The van der Waals surface area contributed by atoms with Crippen molar-refractivity contribution in [1.82, 2.24) is 0 Å². The smallest absolute Gasteiger partial charge is 0.270 e. The summed E-state index contributed by atoms with van der Waals surface area (Å²) in [7, 11) is 0. The first kappa shape index (κ1) is 14.3. The van der Waals surface area contributed by atoms with Crippen molar-refractivity contribution in [3.63, 3.8) is 0 Å². The molecule has 0 unspecified atom stereocenters. The largest absolute Gasteiger partial charge is 0.340 e. The fraction of sp³-hybridized carbons (Fsp3) is 0.143. The minimum absolute atomic E-state index is 0.0104. The lowest BCUT2D eigenvalue weighted by Gasteiger charge is -2.31. The van der Waals surface area contributed by atoms with Crippen molar-refractivity contribution in [3.8, 4) is 0 Å². The standard InChI is InChI=1S/C14H11N3O4S/c1-2-15-11-5-3-9(16(18)19)7-13(11)22-14-8-10(17(20)21)4-6-12(14)15/h3-8H,2H2,1H3. The maximum absolute atomic E-state index is 10.9. The van der Waals surface area contributed by atoms with Crippen molar-refractivity contribution in [1.29, 1.82) is 0 Å². The zero-order valence-electron chi connectivity index (χ0n) is 11.6. The van der Waals surface area contributed by atoms with E-state index >= 15 is 0 Å². The van der Waals surface area contributed by atoms with Crippen molar-refractivity contribution in [2.45, 2.75) is 16.7 Å². The summed E-state index contributed by atoms with van der Waals surface area (Å²) in [5.74, 6) is 0. The van der Waals surface area contributed by atoms with Gasteiger partial charge in [-0.15, -0.1) is 0 Å². The van der Waals surface area contributed by atoms with Crippen LogP contribution < -0.4 is 4.90 Å². The van der Waals surface area contributed by atoms with Gasteiger partial charge in [-0.05, 0) is 19.1 Å². The minimum atomic E-state index is -0.444. The number of anilines is 2. The SMILES string of the molecule is CCN1c2ccc([N+](=O)[O-])cc2Sc2cc([N+](=O)[O-])ccc21. The van der Waals surface area contributed by atoms with E-state index in [-0.39, 0.29) is 11.4 Å². The molecule has 0 fully saturated rings. The molecule has 1 heterocycles. The molecule has 7 nitrogen and oxygen atoms in total. The highest BCUT2D eigenvalue weighted by Gasteiger charge is 2.26. The summed E-state index contributed by atoms with van der Waals surface area (Å²) < 4.78 is 0. The van der Waals surface area contributed by atoms with Crippen LogP contribution in [-0.4, -0.2) is 16.4 Å². The van der Waals surface area contributed by atoms with Crippen LogP contribution in [0.3, 0.4) is 0 Å². The molecule has 0 aromatic heterocycles. The summed E-state index contributed by atoms with van der Waals surface area (Å²) in [5, 5.41) is 21.8. The van der Waals surface area contributed by atoms with Gasteiger partial charge in [0.15, 0.2) is 0 Å². The predicted molar refractivity (Wildman–Crippen MR) is 83.0 cm³/mol. The maximum Gasteiger partial charge on any atom is 0.270 e. The van der Waals surface area contributed by atoms with Crippen molar-refractivity contribution < 1.29 is 9.85 Å². The Hall–Kier alpha value is -2.61. The molecular weight excluding hydrogens is 306 g/mol. The highest BCUT2D eigenvalue weighted by Crippen LogP contribution is 2.49. The van der Waals surface area contributed by atoms with Gasteiger partial charge >= 0.3 is 0 Å². The van der Waals surface area contributed by atoms with E-state index in [0.29, 0.717) is 6.54 Å². The van der Waals surface area contributed by atoms with Crippen molar-refractivity contribution in [2.75, 3.05) is 11.4 Å². The van der Waals surface area contributed by atoms with E-state index in [9.17, 15) is 20.2 Å². The van der Waals surface area contributed by atoms with E-state index in [1.165, 1.54) is 36.0 Å². The zero-order valence-corrected chi connectivity index (χ0v) is 12.4. The lowest BCUT2D eigenvalue weighted by molar-refractivity contribution is -0.385. The molecule has 1 aliphatic rings. The molecule has 0 bridgehead atoms. The molecule has 3 rings (SSSR count). The molecule has 112 valence electrons. The summed E-state index contributed by atoms with van der Waals surface area (Å²) in [4.78, 5) is 24.4. The molecule has 0 saturated heterocycles. The van der Waals surface area contributed by atoms with Crippen molar-refractivity contribution in [2.24, 2.45) is 0 Å². The Balaban J connectivity index is 2.13. The van der Waals surface area contributed by atoms with E-state index in [1.54, 1.807) is 12.1 Å². The lowest BCUT2D eigenvalue weighted by atomic mass is 10.2. The Morgan fingerprint density at radius 2 is 1.41 bits per heavy atom. The van der Waals surface area contributed by atoms with E-state index < -0.39 is 9.85 Å². The molecule has 22 heavy (non-hydrogen) atoms. The van der Waals surface area contributed by atoms with Crippen LogP contribution in [0.25, 0.3) is 0 Å². The molecule has 0 radical (unpaired) electrons. The van der Waals surface area contributed by atoms with Crippen LogP contribution in [0.4, 0.5) is 22.7 Å². The molecule has 0 aliphatic carbocycles. The van der Waals surface area contributed by atoms with Gasteiger partial charge in [0, 0.05) is 40.6 Å². The van der Waals surface area contributed by atoms with Crippen LogP contribution in [0.15, 0.2) is 46.2 Å². The van der Waals surface area contributed by atoms with E-state index in [4.69, 9.17) is 0 Å². The van der Waals surface area contributed by atoms with Gasteiger partial charge in [0.2, 0.25) is 0 Å². The van der Waals surface area contributed by atoms with E-state index in [1.807, 2.05) is 11.8 Å². The molecule has 0 atom stereocenters. The number of fused-ring (bicyclic) bond motifs is 2. The summed E-state index contributed by atoms with van der Waals surface area (Å²) in [6.07, 6.45) is 0. The van der Waals surface area contributed by atoms with Crippen LogP contribution in [0.1, 0.15) is 6.92 Å². The van der Waals surface area contributed by atoms with Crippen LogP contribution in [0.5, 0.6) is 0 Å². The maximum atomic E-state index is 10.9. The first-order valence-electron chi connectivity index (χ1n) is 6.53. The van der Waals surface area contributed by atoms with Gasteiger partial charge in [-0.3, -0.25) is 20.2 Å². The molecule has 1 aliphatic heterocycles. The number of nitro groups is 2. The Labute approximate surface area is 129 Å². The molecule has 0 spiro atoms. The third kappa shape index (κ3) is 2.27. The first-order chi connectivity index (χ1) is 10.5. The van der Waals surface area contributed by atoms with Crippen LogP contribution in [0, 0.1) is 20.2 Å². The second-order valence-corrected chi connectivity index (χ2v) is 5.75. The summed E-state index contributed by atoms with van der Waals surface area (Å²) in [5.41, 5.74) is 1.77. The van der Waals surface area contributed by atoms with Crippen molar-refractivity contribution in [3.05, 3.63) is 56.6 Å². The van der Waals surface area contributed by atoms with Gasteiger partial charge in [0.05, 0.1) is 21.2 Å². The summed E-state index contributed by atoms with van der Waals surface area (Å²) >= 11 is 1.31. The summed E-state index contributed by atoms with van der Waals surface area (Å²) in [6.45, 7) is 2.63. The first-order valence-corrected chi connectivity index (χ1v) is 7.35. The number of nitrogens with zero attached hydrogens (tertiary/aromatic N) is 3. The van der Waals surface area contributed by atoms with E-state index in [2.05, 4.69) is 0 Å². The normalized spacial score (nSPS) is 12.5. The predicted octanol–water partition coefficient (Wildman–Crippen LogP) is 4.13. The monoisotopic (exact) mass is 317 g/mol. The van der Waals surface area contributed by atoms with E-state index in [0.717, 1.165) is 21.2 Å².